The lowest BCUT2D eigenvalue weighted by molar-refractivity contribution is 0.466. The van der Waals surface area contributed by atoms with Crippen molar-refractivity contribution < 1.29 is 8.42 Å². The Balaban J connectivity index is 2.20. The van der Waals surface area contributed by atoms with Gasteiger partial charge in [-0.15, -0.1) is 0 Å². The third kappa shape index (κ3) is 3.19. The van der Waals surface area contributed by atoms with Crippen molar-refractivity contribution in [1.29, 1.82) is 0 Å². The van der Waals surface area contributed by atoms with Crippen molar-refractivity contribution in [3.8, 4) is 0 Å². The van der Waals surface area contributed by atoms with E-state index >= 15 is 0 Å². The number of pyridine rings is 2. The molecule has 0 amide bonds. The number of aromatic nitrogens is 2. The van der Waals surface area contributed by atoms with Crippen LogP contribution >= 0.6 is 0 Å². The van der Waals surface area contributed by atoms with Gasteiger partial charge in [0, 0.05) is 38.7 Å². The second kappa shape index (κ2) is 6.08. The molecular weight excluding hydrogens is 276 g/mol. The molecule has 0 fully saturated rings. The molecule has 0 saturated carbocycles. The molecule has 106 valence electrons. The molecule has 0 saturated heterocycles. The molecular formula is C13H16N4O2S. The Hall–Kier alpha value is -1.83. The second-order valence-electron chi connectivity index (χ2n) is 4.31. The Bertz CT molecular complexity index is 657. The molecule has 0 bridgehead atoms. The van der Waals surface area contributed by atoms with E-state index in [0.29, 0.717) is 5.69 Å². The summed E-state index contributed by atoms with van der Waals surface area (Å²) in [7, 11) is -2.02. The van der Waals surface area contributed by atoms with Gasteiger partial charge in [0.1, 0.15) is 4.90 Å². The van der Waals surface area contributed by atoms with Crippen LogP contribution in [-0.2, 0) is 23.1 Å². The fourth-order valence-electron chi connectivity index (χ4n) is 1.69. The first-order valence-electron chi connectivity index (χ1n) is 6.04. The molecule has 20 heavy (non-hydrogen) atoms. The van der Waals surface area contributed by atoms with E-state index in [1.807, 2.05) is 0 Å². The summed E-state index contributed by atoms with van der Waals surface area (Å²) in [6.45, 7) is 0.566. The van der Waals surface area contributed by atoms with E-state index in [-0.39, 0.29) is 18.0 Å². The summed E-state index contributed by atoms with van der Waals surface area (Å²) in [6.07, 6.45) is 4.60. The minimum absolute atomic E-state index is 0.159. The first-order chi connectivity index (χ1) is 9.54. The number of sulfonamides is 1. The van der Waals surface area contributed by atoms with Gasteiger partial charge < -0.3 is 5.73 Å². The molecule has 0 aliphatic heterocycles. The van der Waals surface area contributed by atoms with Crippen LogP contribution in [0.1, 0.15) is 11.3 Å². The SMILES string of the molecule is CN(Cc1ccncc1)S(=O)(=O)c1ccc(CN)nc1. The van der Waals surface area contributed by atoms with E-state index < -0.39 is 10.0 Å². The molecule has 2 N–H and O–H groups in total. The van der Waals surface area contributed by atoms with Gasteiger partial charge in [0.05, 0.1) is 5.69 Å². The minimum atomic E-state index is -3.55. The summed E-state index contributed by atoms with van der Waals surface area (Å²) >= 11 is 0. The summed E-state index contributed by atoms with van der Waals surface area (Å²) in [6, 6.07) is 6.70. The van der Waals surface area contributed by atoms with Gasteiger partial charge in [-0.3, -0.25) is 9.97 Å². The maximum Gasteiger partial charge on any atom is 0.244 e. The number of hydrogen-bond donors (Lipinski definition) is 1. The smallest absolute Gasteiger partial charge is 0.244 e. The van der Waals surface area contributed by atoms with E-state index in [0.717, 1.165) is 5.56 Å². The van der Waals surface area contributed by atoms with Crippen molar-refractivity contribution in [2.45, 2.75) is 18.0 Å². The number of nitrogens with two attached hydrogens (primary N) is 1. The van der Waals surface area contributed by atoms with Gasteiger partial charge in [0.15, 0.2) is 0 Å². The normalized spacial score (nSPS) is 11.8. The van der Waals surface area contributed by atoms with Crippen LogP contribution in [0.15, 0.2) is 47.8 Å². The highest BCUT2D eigenvalue weighted by Crippen LogP contribution is 2.15. The summed E-state index contributed by atoms with van der Waals surface area (Å²) in [5, 5.41) is 0. The fourth-order valence-corrected chi connectivity index (χ4v) is 2.80. The van der Waals surface area contributed by atoms with Crippen molar-refractivity contribution in [3.05, 3.63) is 54.1 Å². The highest BCUT2D eigenvalue weighted by atomic mass is 32.2. The summed E-state index contributed by atoms with van der Waals surface area (Å²) in [5.74, 6) is 0. The van der Waals surface area contributed by atoms with Crippen molar-refractivity contribution in [3.63, 3.8) is 0 Å². The molecule has 7 heteroatoms. The number of nitrogens with zero attached hydrogens (tertiary/aromatic N) is 3. The topological polar surface area (TPSA) is 89.2 Å². The maximum absolute atomic E-state index is 12.4. The zero-order valence-corrected chi connectivity index (χ0v) is 11.9. The molecule has 2 rings (SSSR count). The Morgan fingerprint density at radius 1 is 1.20 bits per heavy atom. The van der Waals surface area contributed by atoms with Crippen LogP contribution in [0.25, 0.3) is 0 Å². The molecule has 0 aliphatic rings. The van der Waals surface area contributed by atoms with Gasteiger partial charge in [-0.05, 0) is 29.8 Å². The molecule has 0 radical (unpaired) electrons. The van der Waals surface area contributed by atoms with E-state index in [1.54, 1.807) is 30.6 Å². The standard InChI is InChI=1S/C13H16N4O2S/c1-17(10-11-4-6-15-7-5-11)20(18,19)13-3-2-12(8-14)16-9-13/h2-7,9H,8,10,14H2,1H3. The van der Waals surface area contributed by atoms with Crippen LogP contribution in [0.3, 0.4) is 0 Å². The van der Waals surface area contributed by atoms with Crippen LogP contribution in [0, 0.1) is 0 Å². The molecule has 2 heterocycles. The van der Waals surface area contributed by atoms with Crippen LogP contribution < -0.4 is 5.73 Å². The van der Waals surface area contributed by atoms with Gasteiger partial charge in [0.2, 0.25) is 10.0 Å². The summed E-state index contributed by atoms with van der Waals surface area (Å²) < 4.78 is 26.0. The van der Waals surface area contributed by atoms with Crippen molar-refractivity contribution in [2.24, 2.45) is 5.73 Å². The molecule has 0 unspecified atom stereocenters. The van der Waals surface area contributed by atoms with Gasteiger partial charge in [-0.2, -0.15) is 4.31 Å². The van der Waals surface area contributed by atoms with Gasteiger partial charge >= 0.3 is 0 Å². The average Bonchev–Trinajstić information content (AvgIpc) is 2.48. The van der Waals surface area contributed by atoms with Crippen LogP contribution in [0.2, 0.25) is 0 Å². The van der Waals surface area contributed by atoms with Crippen LogP contribution in [0.5, 0.6) is 0 Å². The van der Waals surface area contributed by atoms with Gasteiger partial charge in [-0.1, -0.05) is 0 Å². The van der Waals surface area contributed by atoms with Gasteiger partial charge in [-0.25, -0.2) is 8.42 Å². The Morgan fingerprint density at radius 2 is 1.90 bits per heavy atom. The van der Waals surface area contributed by atoms with Crippen molar-refractivity contribution in [1.82, 2.24) is 14.3 Å². The predicted molar refractivity (Wildman–Crippen MR) is 75.0 cm³/mol. The minimum Gasteiger partial charge on any atom is -0.325 e. The van der Waals surface area contributed by atoms with Crippen molar-refractivity contribution in [2.75, 3.05) is 7.05 Å². The average molecular weight is 292 g/mol. The zero-order chi connectivity index (χ0) is 14.6. The van der Waals surface area contributed by atoms with E-state index in [2.05, 4.69) is 9.97 Å². The highest BCUT2D eigenvalue weighted by molar-refractivity contribution is 7.89. The van der Waals surface area contributed by atoms with E-state index in [9.17, 15) is 8.42 Å². The van der Waals surface area contributed by atoms with E-state index in [1.165, 1.54) is 23.6 Å². The zero-order valence-electron chi connectivity index (χ0n) is 11.1. The lowest BCUT2D eigenvalue weighted by Gasteiger charge is -2.17. The van der Waals surface area contributed by atoms with Crippen LogP contribution in [0.4, 0.5) is 0 Å². The molecule has 0 aromatic carbocycles. The Kier molecular flexibility index (Phi) is 4.43. The summed E-state index contributed by atoms with van der Waals surface area (Å²) in [4.78, 5) is 8.07. The molecule has 2 aromatic heterocycles. The fraction of sp³-hybridized carbons (Fsp3) is 0.231. The van der Waals surface area contributed by atoms with E-state index in [4.69, 9.17) is 5.73 Å². The summed E-state index contributed by atoms with van der Waals surface area (Å²) in [5.41, 5.74) is 6.97. The third-order valence-corrected chi connectivity index (χ3v) is 4.66. The number of hydrogen-bond acceptors (Lipinski definition) is 5. The Morgan fingerprint density at radius 3 is 2.45 bits per heavy atom. The lowest BCUT2D eigenvalue weighted by atomic mass is 10.3. The molecule has 6 nitrogen and oxygen atoms in total. The highest BCUT2D eigenvalue weighted by Gasteiger charge is 2.21. The molecule has 0 spiro atoms. The van der Waals surface area contributed by atoms with Crippen molar-refractivity contribution >= 4 is 10.0 Å². The third-order valence-electron chi connectivity index (χ3n) is 2.87. The molecule has 2 aromatic rings. The first kappa shape index (κ1) is 14.6. The molecule has 0 aliphatic carbocycles. The predicted octanol–water partition coefficient (Wildman–Crippen LogP) is 0.756. The maximum atomic E-state index is 12.4. The molecule has 0 atom stereocenters. The lowest BCUT2D eigenvalue weighted by Crippen LogP contribution is -2.26. The largest absolute Gasteiger partial charge is 0.325 e. The van der Waals surface area contributed by atoms with Gasteiger partial charge in [0.25, 0.3) is 0 Å². The second-order valence-corrected chi connectivity index (χ2v) is 6.35. The monoisotopic (exact) mass is 292 g/mol. The first-order valence-corrected chi connectivity index (χ1v) is 7.48. The number of rotatable bonds is 5. The van der Waals surface area contributed by atoms with Crippen LogP contribution in [-0.4, -0.2) is 29.7 Å². The quantitative estimate of drug-likeness (QED) is 0.878. The Labute approximate surface area is 118 Å².